The van der Waals surface area contributed by atoms with E-state index in [2.05, 4.69) is 57.5 Å². The van der Waals surface area contributed by atoms with Gasteiger partial charge in [0, 0.05) is 57.9 Å². The molecule has 0 atom stereocenters. The zero-order valence-electron chi connectivity index (χ0n) is 16.9. The molecule has 1 aromatic rings. The van der Waals surface area contributed by atoms with Crippen LogP contribution in [-0.2, 0) is 4.79 Å². The Labute approximate surface area is 163 Å². The number of aryl methyl sites for hydroxylation is 1. The molecule has 27 heavy (non-hydrogen) atoms. The lowest BCUT2D eigenvalue weighted by Crippen LogP contribution is -2.52. The van der Waals surface area contributed by atoms with E-state index in [-0.39, 0.29) is 5.91 Å². The second kappa shape index (κ2) is 9.11. The predicted octanol–water partition coefficient (Wildman–Crippen LogP) is 2.06. The van der Waals surface area contributed by atoms with Gasteiger partial charge in [-0.1, -0.05) is 12.1 Å². The number of nitrogens with one attached hydrogen (secondary N) is 2. The number of amides is 1. The number of anilines is 1. The van der Waals surface area contributed by atoms with E-state index >= 15 is 0 Å². The van der Waals surface area contributed by atoms with E-state index in [9.17, 15) is 4.79 Å². The van der Waals surface area contributed by atoms with Crippen molar-refractivity contribution in [3.63, 3.8) is 0 Å². The molecule has 1 amide bonds. The summed E-state index contributed by atoms with van der Waals surface area (Å²) < 4.78 is 0. The van der Waals surface area contributed by atoms with Crippen molar-refractivity contribution in [1.29, 1.82) is 0 Å². The number of carbonyl (C=O) groups excluding carboxylic acids is 1. The fourth-order valence-electron chi connectivity index (χ4n) is 3.55. The molecule has 0 radical (unpaired) electrons. The molecule has 6 nitrogen and oxygen atoms in total. The summed E-state index contributed by atoms with van der Waals surface area (Å²) >= 11 is 0. The molecule has 0 spiro atoms. The maximum atomic E-state index is 11.7. The first-order valence-electron chi connectivity index (χ1n) is 10.1. The summed E-state index contributed by atoms with van der Waals surface area (Å²) in [6.45, 7) is 9.05. The van der Waals surface area contributed by atoms with Gasteiger partial charge in [-0.3, -0.25) is 9.79 Å². The number of piperazine rings is 1. The zero-order valence-corrected chi connectivity index (χ0v) is 16.9. The smallest absolute Gasteiger partial charge is 0.220 e. The Morgan fingerprint density at radius 1 is 1.19 bits per heavy atom. The Morgan fingerprint density at radius 2 is 1.93 bits per heavy atom. The fourth-order valence-corrected chi connectivity index (χ4v) is 3.55. The summed E-state index contributed by atoms with van der Waals surface area (Å²) in [5.41, 5.74) is 4.07. The SMILES string of the molecule is CN=C(NCCCC(=O)NC1CC1)N1CCN(c2cccc(C)c2C)CC1. The molecule has 148 valence electrons. The number of aliphatic imine (C=N–C) groups is 1. The molecule has 0 bridgehead atoms. The summed E-state index contributed by atoms with van der Waals surface area (Å²) in [5.74, 6) is 1.12. The van der Waals surface area contributed by atoms with Gasteiger partial charge >= 0.3 is 0 Å². The van der Waals surface area contributed by atoms with Gasteiger partial charge in [0.15, 0.2) is 5.96 Å². The van der Waals surface area contributed by atoms with Gasteiger partial charge in [0.25, 0.3) is 0 Å². The van der Waals surface area contributed by atoms with Gasteiger partial charge in [-0.05, 0) is 50.3 Å². The Hall–Kier alpha value is -2.24. The lowest BCUT2D eigenvalue weighted by Gasteiger charge is -2.38. The molecule has 1 heterocycles. The van der Waals surface area contributed by atoms with Gasteiger partial charge in [0.1, 0.15) is 0 Å². The monoisotopic (exact) mass is 371 g/mol. The van der Waals surface area contributed by atoms with E-state index in [0.29, 0.717) is 12.5 Å². The summed E-state index contributed by atoms with van der Waals surface area (Å²) in [6, 6.07) is 6.99. The molecule has 2 N–H and O–H groups in total. The number of hydrogen-bond donors (Lipinski definition) is 2. The van der Waals surface area contributed by atoms with E-state index in [1.54, 1.807) is 0 Å². The molecule has 1 aliphatic heterocycles. The molecule has 1 saturated carbocycles. The van der Waals surface area contributed by atoms with Crippen molar-refractivity contribution in [2.24, 2.45) is 4.99 Å². The van der Waals surface area contributed by atoms with Crippen LogP contribution < -0.4 is 15.5 Å². The number of rotatable bonds is 6. The van der Waals surface area contributed by atoms with Crippen LogP contribution in [0.15, 0.2) is 23.2 Å². The van der Waals surface area contributed by atoms with E-state index < -0.39 is 0 Å². The molecule has 0 unspecified atom stereocenters. The van der Waals surface area contributed by atoms with Crippen molar-refractivity contribution in [3.05, 3.63) is 29.3 Å². The van der Waals surface area contributed by atoms with Gasteiger partial charge in [-0.15, -0.1) is 0 Å². The molecule has 3 rings (SSSR count). The molecular weight excluding hydrogens is 338 g/mol. The lowest BCUT2D eigenvalue weighted by molar-refractivity contribution is -0.121. The third-order valence-corrected chi connectivity index (χ3v) is 5.51. The molecule has 0 aromatic heterocycles. The number of guanidine groups is 1. The summed E-state index contributed by atoms with van der Waals surface area (Å²) in [7, 11) is 1.83. The first kappa shape index (κ1) is 19.5. The highest BCUT2D eigenvalue weighted by Crippen LogP contribution is 2.23. The van der Waals surface area contributed by atoms with E-state index in [1.165, 1.54) is 16.8 Å². The first-order valence-corrected chi connectivity index (χ1v) is 10.1. The Bertz CT molecular complexity index is 675. The van der Waals surface area contributed by atoms with Gasteiger partial charge in [0.2, 0.25) is 5.91 Å². The van der Waals surface area contributed by atoms with Crippen LogP contribution in [0.2, 0.25) is 0 Å². The molecular formula is C21H33N5O. The standard InChI is InChI=1S/C21H33N5O/c1-16-6-4-7-19(17(16)2)25-12-14-26(15-13-25)21(22-3)23-11-5-8-20(27)24-18-9-10-18/h4,6-7,18H,5,8-15H2,1-3H3,(H,22,23)(H,24,27). The molecule has 1 aliphatic carbocycles. The summed E-state index contributed by atoms with van der Waals surface area (Å²) in [6.07, 6.45) is 3.70. The maximum absolute atomic E-state index is 11.7. The normalized spacial score (nSPS) is 17.8. The average molecular weight is 372 g/mol. The molecule has 1 aromatic carbocycles. The number of nitrogens with zero attached hydrogens (tertiary/aromatic N) is 3. The highest BCUT2D eigenvalue weighted by molar-refractivity contribution is 5.80. The van der Waals surface area contributed by atoms with Crippen molar-refractivity contribution in [2.75, 3.05) is 44.7 Å². The van der Waals surface area contributed by atoms with E-state index in [1.807, 2.05) is 7.05 Å². The van der Waals surface area contributed by atoms with E-state index in [4.69, 9.17) is 0 Å². The molecule has 6 heteroatoms. The third kappa shape index (κ3) is 5.37. The first-order chi connectivity index (χ1) is 13.1. The van der Waals surface area contributed by atoms with Gasteiger partial charge in [-0.2, -0.15) is 0 Å². The van der Waals surface area contributed by atoms with Crippen molar-refractivity contribution >= 4 is 17.6 Å². The van der Waals surface area contributed by atoms with Crippen LogP contribution in [0.4, 0.5) is 5.69 Å². The lowest BCUT2D eigenvalue weighted by atomic mass is 10.1. The number of benzene rings is 1. The number of carbonyl (C=O) groups is 1. The van der Waals surface area contributed by atoms with Crippen LogP contribution in [0.25, 0.3) is 0 Å². The third-order valence-electron chi connectivity index (χ3n) is 5.51. The van der Waals surface area contributed by atoms with Crippen molar-refractivity contribution < 1.29 is 4.79 Å². The quantitative estimate of drug-likeness (QED) is 0.457. The summed E-state index contributed by atoms with van der Waals surface area (Å²) in [4.78, 5) is 21.0. The molecule has 1 saturated heterocycles. The Kier molecular flexibility index (Phi) is 6.58. The largest absolute Gasteiger partial charge is 0.368 e. The molecule has 2 fully saturated rings. The van der Waals surface area contributed by atoms with E-state index in [0.717, 1.165) is 57.9 Å². The topological polar surface area (TPSA) is 60.0 Å². The zero-order chi connectivity index (χ0) is 19.2. The second-order valence-electron chi connectivity index (χ2n) is 7.61. The van der Waals surface area contributed by atoms with Crippen LogP contribution >= 0.6 is 0 Å². The second-order valence-corrected chi connectivity index (χ2v) is 7.61. The van der Waals surface area contributed by atoms with Gasteiger partial charge in [0.05, 0.1) is 0 Å². The van der Waals surface area contributed by atoms with Crippen LogP contribution in [-0.4, -0.2) is 62.6 Å². The molecule has 2 aliphatic rings. The van der Waals surface area contributed by atoms with Gasteiger partial charge < -0.3 is 20.4 Å². The van der Waals surface area contributed by atoms with Crippen molar-refractivity contribution in [1.82, 2.24) is 15.5 Å². The van der Waals surface area contributed by atoms with Crippen molar-refractivity contribution in [2.45, 2.75) is 45.6 Å². The average Bonchev–Trinajstić information content (AvgIpc) is 3.48. The predicted molar refractivity (Wildman–Crippen MR) is 111 cm³/mol. The Balaban J connectivity index is 1.41. The van der Waals surface area contributed by atoms with Crippen LogP contribution in [0.5, 0.6) is 0 Å². The van der Waals surface area contributed by atoms with Gasteiger partial charge in [-0.25, -0.2) is 0 Å². The van der Waals surface area contributed by atoms with Crippen LogP contribution in [0.1, 0.15) is 36.8 Å². The Morgan fingerprint density at radius 3 is 2.59 bits per heavy atom. The highest BCUT2D eigenvalue weighted by Gasteiger charge is 2.23. The minimum atomic E-state index is 0.177. The van der Waals surface area contributed by atoms with Crippen molar-refractivity contribution in [3.8, 4) is 0 Å². The summed E-state index contributed by atoms with van der Waals surface area (Å²) in [5, 5.41) is 6.45. The maximum Gasteiger partial charge on any atom is 0.220 e. The van der Waals surface area contributed by atoms with Crippen LogP contribution in [0.3, 0.4) is 0 Å². The minimum absolute atomic E-state index is 0.177. The minimum Gasteiger partial charge on any atom is -0.368 e. The fraction of sp³-hybridized carbons (Fsp3) is 0.619. The highest BCUT2D eigenvalue weighted by atomic mass is 16.1. The number of hydrogen-bond acceptors (Lipinski definition) is 3. The van der Waals surface area contributed by atoms with Crippen LogP contribution in [0, 0.1) is 13.8 Å².